The number of morpholine rings is 1. The van der Waals surface area contributed by atoms with E-state index in [-0.39, 0.29) is 29.6 Å². The Morgan fingerprint density at radius 2 is 1.90 bits per heavy atom. The Morgan fingerprint density at radius 3 is 2.60 bits per heavy atom. The van der Waals surface area contributed by atoms with Gasteiger partial charge in [0, 0.05) is 51.0 Å². The molecule has 1 aromatic heterocycles. The molecule has 3 heterocycles. The van der Waals surface area contributed by atoms with Gasteiger partial charge in [-0.3, -0.25) is 9.59 Å². The van der Waals surface area contributed by atoms with Crippen LogP contribution in [0.3, 0.4) is 0 Å². The molecule has 8 nitrogen and oxygen atoms in total. The number of para-hydroxylation sites is 1. The molecule has 0 bridgehead atoms. The lowest BCUT2D eigenvalue weighted by Gasteiger charge is -2.39. The van der Waals surface area contributed by atoms with Gasteiger partial charge in [0.2, 0.25) is 11.7 Å². The summed E-state index contributed by atoms with van der Waals surface area (Å²) < 4.78 is 16.7. The van der Waals surface area contributed by atoms with Crippen molar-refractivity contribution in [3.05, 3.63) is 47.9 Å². The van der Waals surface area contributed by atoms with Gasteiger partial charge in [0.25, 0.3) is 5.91 Å². The Hall–Kier alpha value is -2.87. The zero-order valence-electron chi connectivity index (χ0n) is 17.2. The number of aromatic nitrogens is 1. The van der Waals surface area contributed by atoms with Crippen molar-refractivity contribution in [1.29, 1.82) is 0 Å². The van der Waals surface area contributed by atoms with Crippen LogP contribution in [0.15, 0.2) is 40.9 Å². The molecule has 0 saturated carbocycles. The highest BCUT2D eigenvalue weighted by molar-refractivity contribution is 5.91. The molecule has 2 amide bonds. The van der Waals surface area contributed by atoms with Gasteiger partial charge in [-0.15, -0.1) is 0 Å². The molecule has 4 rings (SSSR count). The molecule has 8 heteroatoms. The number of piperidine rings is 1. The van der Waals surface area contributed by atoms with Crippen LogP contribution in [-0.4, -0.2) is 72.3 Å². The molecular formula is C22H27N3O5. The van der Waals surface area contributed by atoms with Gasteiger partial charge >= 0.3 is 0 Å². The third-order valence-corrected chi connectivity index (χ3v) is 5.62. The summed E-state index contributed by atoms with van der Waals surface area (Å²) in [7, 11) is 0. The first kappa shape index (κ1) is 20.4. The Kier molecular flexibility index (Phi) is 6.32. The molecule has 0 N–H and O–H groups in total. The van der Waals surface area contributed by atoms with Crippen molar-refractivity contribution in [3.8, 4) is 5.75 Å². The second kappa shape index (κ2) is 9.30. The van der Waals surface area contributed by atoms with Gasteiger partial charge in [-0.1, -0.05) is 23.4 Å². The van der Waals surface area contributed by atoms with E-state index in [2.05, 4.69) is 5.16 Å². The molecule has 2 aliphatic rings. The lowest BCUT2D eigenvalue weighted by Crippen LogP contribution is -2.50. The number of likely N-dealkylation sites (tertiary alicyclic amines) is 1. The van der Waals surface area contributed by atoms with Gasteiger partial charge in [-0.25, -0.2) is 0 Å². The molecule has 2 saturated heterocycles. The van der Waals surface area contributed by atoms with Crippen molar-refractivity contribution < 1.29 is 23.6 Å². The molecule has 0 spiro atoms. The van der Waals surface area contributed by atoms with E-state index in [1.54, 1.807) is 17.9 Å². The van der Waals surface area contributed by atoms with Gasteiger partial charge in [-0.2, -0.15) is 0 Å². The van der Waals surface area contributed by atoms with Crippen LogP contribution in [0.4, 0.5) is 0 Å². The number of hydrogen-bond donors (Lipinski definition) is 0. The number of hydrogen-bond acceptors (Lipinski definition) is 6. The third kappa shape index (κ3) is 4.81. The van der Waals surface area contributed by atoms with Crippen LogP contribution < -0.4 is 4.74 Å². The highest BCUT2D eigenvalue weighted by Crippen LogP contribution is 2.27. The largest absolute Gasteiger partial charge is 0.490 e. The van der Waals surface area contributed by atoms with Gasteiger partial charge < -0.3 is 23.8 Å². The maximum Gasteiger partial charge on any atom is 0.292 e. The van der Waals surface area contributed by atoms with Crippen molar-refractivity contribution in [2.45, 2.75) is 25.9 Å². The molecule has 30 heavy (non-hydrogen) atoms. The van der Waals surface area contributed by atoms with Crippen molar-refractivity contribution in [2.75, 3.05) is 39.4 Å². The SMILES string of the molecule is Cc1cc(C(=O)N2CC[C@H](Oc3ccccc3)[C@@H](CC(=O)N3CCOCC3)C2)on1. The predicted molar refractivity (Wildman–Crippen MR) is 108 cm³/mol. The number of aryl methyl sites for hydroxylation is 1. The highest BCUT2D eigenvalue weighted by Gasteiger charge is 2.36. The summed E-state index contributed by atoms with van der Waals surface area (Å²) in [5, 5.41) is 3.81. The fourth-order valence-electron chi connectivity index (χ4n) is 4.01. The lowest BCUT2D eigenvalue weighted by molar-refractivity contribution is -0.137. The van der Waals surface area contributed by atoms with Gasteiger partial charge in [0.15, 0.2) is 0 Å². The number of carbonyl (C=O) groups is 2. The third-order valence-electron chi connectivity index (χ3n) is 5.62. The zero-order chi connectivity index (χ0) is 20.9. The van der Waals surface area contributed by atoms with Crippen molar-refractivity contribution in [2.24, 2.45) is 5.92 Å². The average molecular weight is 413 g/mol. The van der Waals surface area contributed by atoms with E-state index >= 15 is 0 Å². The summed E-state index contributed by atoms with van der Waals surface area (Å²) in [5.74, 6) is 0.778. The fourth-order valence-corrected chi connectivity index (χ4v) is 4.01. The first-order valence-corrected chi connectivity index (χ1v) is 10.4. The van der Waals surface area contributed by atoms with E-state index in [9.17, 15) is 9.59 Å². The minimum Gasteiger partial charge on any atom is -0.490 e. The molecule has 2 aromatic rings. The first-order valence-electron chi connectivity index (χ1n) is 10.4. The lowest BCUT2D eigenvalue weighted by atomic mass is 9.90. The Morgan fingerprint density at radius 1 is 1.13 bits per heavy atom. The van der Waals surface area contributed by atoms with Crippen LogP contribution >= 0.6 is 0 Å². The summed E-state index contributed by atoms with van der Waals surface area (Å²) in [6.45, 7) is 5.10. The van der Waals surface area contributed by atoms with Crippen LogP contribution in [0.1, 0.15) is 29.1 Å². The summed E-state index contributed by atoms with van der Waals surface area (Å²) >= 11 is 0. The Bertz CT molecular complexity index is 863. The summed E-state index contributed by atoms with van der Waals surface area (Å²) in [6, 6.07) is 11.3. The number of rotatable bonds is 5. The normalized spacial score (nSPS) is 22.0. The summed E-state index contributed by atoms with van der Waals surface area (Å²) in [6.07, 6.45) is 0.837. The highest BCUT2D eigenvalue weighted by atomic mass is 16.5. The standard InChI is InChI=1S/C22H27N3O5/c1-16-13-20(30-23-16)22(27)25-8-7-19(29-18-5-3-2-4-6-18)17(15-25)14-21(26)24-9-11-28-12-10-24/h2-6,13,17,19H,7-12,14-15H2,1H3/t17-,19-/m0/s1. The molecule has 0 radical (unpaired) electrons. The van der Waals surface area contributed by atoms with E-state index in [1.165, 1.54) is 0 Å². The second-order valence-electron chi connectivity index (χ2n) is 7.80. The van der Waals surface area contributed by atoms with Crippen LogP contribution in [-0.2, 0) is 9.53 Å². The maximum atomic E-state index is 12.9. The molecule has 160 valence electrons. The molecule has 1 aromatic carbocycles. The van der Waals surface area contributed by atoms with Crippen molar-refractivity contribution >= 4 is 11.8 Å². The van der Waals surface area contributed by atoms with E-state index < -0.39 is 0 Å². The molecule has 2 aliphatic heterocycles. The van der Waals surface area contributed by atoms with E-state index in [4.69, 9.17) is 14.0 Å². The maximum absolute atomic E-state index is 12.9. The van der Waals surface area contributed by atoms with Crippen LogP contribution in [0, 0.1) is 12.8 Å². The van der Waals surface area contributed by atoms with E-state index in [0.29, 0.717) is 57.9 Å². The zero-order valence-corrected chi connectivity index (χ0v) is 17.2. The van der Waals surface area contributed by atoms with Crippen molar-refractivity contribution in [3.63, 3.8) is 0 Å². The fraction of sp³-hybridized carbons (Fsp3) is 0.500. The van der Waals surface area contributed by atoms with Crippen LogP contribution in [0.25, 0.3) is 0 Å². The number of benzene rings is 1. The Labute approximate surface area is 175 Å². The first-order chi connectivity index (χ1) is 14.6. The molecule has 0 aliphatic carbocycles. The van der Waals surface area contributed by atoms with Crippen LogP contribution in [0.5, 0.6) is 5.75 Å². The van der Waals surface area contributed by atoms with Gasteiger partial charge in [0.1, 0.15) is 11.9 Å². The van der Waals surface area contributed by atoms with Crippen LogP contribution in [0.2, 0.25) is 0 Å². The Balaban J connectivity index is 1.47. The molecule has 2 atom stereocenters. The smallest absolute Gasteiger partial charge is 0.292 e. The van der Waals surface area contributed by atoms with E-state index in [1.807, 2.05) is 35.2 Å². The minimum absolute atomic E-state index is 0.0785. The van der Waals surface area contributed by atoms with Gasteiger partial charge in [0.05, 0.1) is 18.9 Å². The topological polar surface area (TPSA) is 85.1 Å². The molecule has 2 fully saturated rings. The number of ether oxygens (including phenoxy) is 2. The molecule has 0 unspecified atom stereocenters. The second-order valence-corrected chi connectivity index (χ2v) is 7.80. The molecular weight excluding hydrogens is 386 g/mol. The number of nitrogens with zero attached hydrogens (tertiary/aromatic N) is 3. The van der Waals surface area contributed by atoms with Crippen molar-refractivity contribution in [1.82, 2.24) is 15.0 Å². The number of amides is 2. The monoisotopic (exact) mass is 413 g/mol. The predicted octanol–water partition coefficient (Wildman–Crippen LogP) is 2.14. The quantitative estimate of drug-likeness (QED) is 0.747. The summed E-state index contributed by atoms with van der Waals surface area (Å²) in [5.41, 5.74) is 0.666. The minimum atomic E-state index is -0.197. The van der Waals surface area contributed by atoms with E-state index in [0.717, 1.165) is 5.75 Å². The average Bonchev–Trinajstić information content (AvgIpc) is 3.22. The summed E-state index contributed by atoms with van der Waals surface area (Å²) in [4.78, 5) is 29.3. The number of carbonyl (C=O) groups excluding carboxylic acids is 2. The van der Waals surface area contributed by atoms with Gasteiger partial charge in [-0.05, 0) is 19.1 Å².